The van der Waals surface area contributed by atoms with Crippen LogP contribution in [0.15, 0.2) is 29.3 Å². The van der Waals surface area contributed by atoms with E-state index in [0.29, 0.717) is 0 Å². The molecule has 0 bridgehead atoms. The van der Waals surface area contributed by atoms with Gasteiger partial charge in [0.05, 0.1) is 0 Å². The Kier molecular flexibility index (Phi) is 1.17. The van der Waals surface area contributed by atoms with Crippen molar-refractivity contribution in [3.05, 3.63) is 30.9 Å². The van der Waals surface area contributed by atoms with Gasteiger partial charge in [-0.3, -0.25) is 4.99 Å². The van der Waals surface area contributed by atoms with E-state index in [0.717, 1.165) is 11.4 Å². The van der Waals surface area contributed by atoms with Crippen LogP contribution < -0.4 is 4.74 Å². The van der Waals surface area contributed by atoms with Crippen LogP contribution in [0.5, 0.6) is 5.75 Å². The first-order valence-electron chi connectivity index (χ1n) is 3.08. The zero-order valence-electron chi connectivity index (χ0n) is 5.32. The van der Waals surface area contributed by atoms with Crippen LogP contribution in [0.25, 0.3) is 0 Å². The summed E-state index contributed by atoms with van der Waals surface area (Å²) in [5.74, 6) is 0.824. The van der Waals surface area contributed by atoms with Crippen molar-refractivity contribution in [1.82, 2.24) is 0 Å². The first-order valence-corrected chi connectivity index (χ1v) is 3.08. The molecule has 1 heterocycles. The highest BCUT2D eigenvalue weighted by atomic mass is 16.5. The molecule has 0 amide bonds. The van der Waals surface area contributed by atoms with E-state index < -0.39 is 0 Å². The average molecular weight is 132 g/mol. The van der Waals surface area contributed by atoms with Crippen LogP contribution in [-0.2, 0) is 0 Å². The number of ether oxygens (including phenoxy) is 1. The minimum Gasteiger partial charge on any atom is -0.478 e. The van der Waals surface area contributed by atoms with Gasteiger partial charge in [-0.2, -0.15) is 0 Å². The van der Waals surface area contributed by atoms with Crippen molar-refractivity contribution in [3.8, 4) is 5.75 Å². The van der Waals surface area contributed by atoms with Gasteiger partial charge in [-0.1, -0.05) is 12.1 Å². The lowest BCUT2D eigenvalue weighted by molar-refractivity contribution is 0.444. The summed E-state index contributed by atoms with van der Waals surface area (Å²) in [5.41, 5.74) is 0.894. The van der Waals surface area contributed by atoms with Crippen LogP contribution in [0.2, 0.25) is 0 Å². The Morgan fingerprint density at radius 3 is 3.00 bits per heavy atom. The molecule has 0 N–H and O–H groups in total. The summed E-state index contributed by atoms with van der Waals surface area (Å²) in [6.07, 6.45) is 1.64. The summed E-state index contributed by atoms with van der Waals surface area (Å²) >= 11 is 0. The second kappa shape index (κ2) is 2.14. The molecule has 0 saturated heterocycles. The van der Waals surface area contributed by atoms with Crippen LogP contribution in [0.3, 0.4) is 0 Å². The third kappa shape index (κ3) is 0.778. The van der Waals surface area contributed by atoms with E-state index in [9.17, 15) is 0 Å². The van der Waals surface area contributed by atoms with Crippen LogP contribution in [0.1, 0.15) is 0 Å². The van der Waals surface area contributed by atoms with Gasteiger partial charge in [0.1, 0.15) is 11.4 Å². The number of hydrogen-bond donors (Lipinski definition) is 0. The number of aliphatic imine (C=N–C) groups is 1. The summed E-state index contributed by atoms with van der Waals surface area (Å²) < 4.78 is 5.15. The van der Waals surface area contributed by atoms with Crippen LogP contribution in [-0.4, -0.2) is 6.21 Å². The van der Waals surface area contributed by atoms with Crippen molar-refractivity contribution < 1.29 is 4.74 Å². The first kappa shape index (κ1) is 5.47. The van der Waals surface area contributed by atoms with Gasteiger partial charge in [-0.05, 0) is 12.1 Å². The number of rotatable bonds is 0. The quantitative estimate of drug-likeness (QED) is 0.528. The maximum absolute atomic E-state index is 5.15. The summed E-state index contributed by atoms with van der Waals surface area (Å²) in [6.45, 7) is 1.57. The van der Waals surface area contributed by atoms with Crippen molar-refractivity contribution in [2.75, 3.05) is 0 Å². The summed E-state index contributed by atoms with van der Waals surface area (Å²) in [4.78, 5) is 4.09. The second-order valence-corrected chi connectivity index (χ2v) is 2.00. The minimum atomic E-state index is 0.824. The molecule has 0 saturated carbocycles. The van der Waals surface area contributed by atoms with E-state index in [4.69, 9.17) is 4.74 Å². The average Bonchev–Trinajstić information content (AvgIpc) is 2.05. The van der Waals surface area contributed by atoms with Crippen molar-refractivity contribution in [1.29, 1.82) is 0 Å². The van der Waals surface area contributed by atoms with Crippen molar-refractivity contribution >= 4 is 11.9 Å². The van der Waals surface area contributed by atoms with Crippen molar-refractivity contribution in [2.24, 2.45) is 4.99 Å². The SMILES string of the molecule is [CH]1C=Nc2ccccc2O1. The van der Waals surface area contributed by atoms with E-state index in [2.05, 4.69) is 4.99 Å². The summed E-state index contributed by atoms with van der Waals surface area (Å²) in [6, 6.07) is 7.67. The Morgan fingerprint density at radius 1 is 1.20 bits per heavy atom. The highest BCUT2D eigenvalue weighted by molar-refractivity contribution is 5.75. The third-order valence-corrected chi connectivity index (χ3v) is 1.33. The molecule has 0 aliphatic carbocycles. The Balaban J connectivity index is 2.54. The highest BCUT2D eigenvalue weighted by Crippen LogP contribution is 2.28. The maximum atomic E-state index is 5.15. The van der Waals surface area contributed by atoms with E-state index in [1.54, 1.807) is 12.8 Å². The van der Waals surface area contributed by atoms with Crippen molar-refractivity contribution in [3.63, 3.8) is 0 Å². The largest absolute Gasteiger partial charge is 0.478 e. The van der Waals surface area contributed by atoms with Gasteiger partial charge >= 0.3 is 0 Å². The topological polar surface area (TPSA) is 21.6 Å². The number of nitrogens with zero attached hydrogens (tertiary/aromatic N) is 1. The lowest BCUT2D eigenvalue weighted by Gasteiger charge is -2.08. The second-order valence-electron chi connectivity index (χ2n) is 2.00. The predicted octanol–water partition coefficient (Wildman–Crippen LogP) is 1.94. The molecule has 0 spiro atoms. The minimum absolute atomic E-state index is 0.824. The number of benzene rings is 1. The molecule has 2 rings (SSSR count). The normalized spacial score (nSPS) is 14.0. The lowest BCUT2D eigenvalue weighted by atomic mass is 10.3. The zero-order chi connectivity index (χ0) is 6.81. The number of para-hydroxylation sites is 2. The summed E-state index contributed by atoms with van der Waals surface area (Å²) in [5, 5.41) is 0. The lowest BCUT2D eigenvalue weighted by Crippen LogP contribution is -1.95. The predicted molar refractivity (Wildman–Crippen MR) is 39.5 cm³/mol. The molecule has 0 unspecified atom stereocenters. The molecule has 0 atom stereocenters. The molecule has 1 aromatic rings. The highest BCUT2D eigenvalue weighted by Gasteiger charge is 2.03. The van der Waals surface area contributed by atoms with E-state index >= 15 is 0 Å². The monoisotopic (exact) mass is 132 g/mol. The molecule has 1 aliphatic heterocycles. The Labute approximate surface area is 59.2 Å². The molecule has 1 aliphatic rings. The molecular weight excluding hydrogens is 126 g/mol. The van der Waals surface area contributed by atoms with Gasteiger partial charge in [-0.25, -0.2) is 0 Å². The van der Waals surface area contributed by atoms with E-state index in [1.165, 1.54) is 0 Å². The van der Waals surface area contributed by atoms with Gasteiger partial charge in [-0.15, -0.1) is 0 Å². The molecule has 10 heavy (non-hydrogen) atoms. The molecule has 49 valence electrons. The van der Waals surface area contributed by atoms with Crippen LogP contribution >= 0.6 is 0 Å². The molecule has 0 fully saturated rings. The third-order valence-electron chi connectivity index (χ3n) is 1.33. The molecule has 0 aromatic heterocycles. The molecule has 2 nitrogen and oxygen atoms in total. The molecule has 1 aromatic carbocycles. The zero-order valence-corrected chi connectivity index (χ0v) is 5.32. The van der Waals surface area contributed by atoms with Gasteiger partial charge in [0.15, 0.2) is 6.61 Å². The van der Waals surface area contributed by atoms with Crippen molar-refractivity contribution in [2.45, 2.75) is 0 Å². The number of hydrogen-bond acceptors (Lipinski definition) is 2. The van der Waals surface area contributed by atoms with Crippen LogP contribution in [0, 0.1) is 6.61 Å². The van der Waals surface area contributed by atoms with Crippen LogP contribution in [0.4, 0.5) is 5.69 Å². The van der Waals surface area contributed by atoms with Gasteiger partial charge < -0.3 is 4.74 Å². The molecule has 2 heteroatoms. The van der Waals surface area contributed by atoms with Gasteiger partial charge in [0.25, 0.3) is 0 Å². The van der Waals surface area contributed by atoms with Gasteiger partial charge in [0, 0.05) is 6.21 Å². The van der Waals surface area contributed by atoms with E-state index in [-0.39, 0.29) is 0 Å². The molecular formula is C8H6NO. The summed E-state index contributed by atoms with van der Waals surface area (Å²) in [7, 11) is 0. The van der Waals surface area contributed by atoms with Gasteiger partial charge in [0.2, 0.25) is 0 Å². The maximum Gasteiger partial charge on any atom is 0.176 e. The fourth-order valence-electron chi connectivity index (χ4n) is 0.878. The van der Waals surface area contributed by atoms with E-state index in [1.807, 2.05) is 24.3 Å². The molecule has 1 radical (unpaired) electrons. The fraction of sp³-hybridized carbons (Fsp3) is 0. The first-order chi connectivity index (χ1) is 4.97. The Hall–Kier alpha value is -1.31. The fourth-order valence-corrected chi connectivity index (χ4v) is 0.878. The standard InChI is InChI=1S/C8H6NO/c1-2-4-8-7(3-1)9-5-6-10-8/h1-6H. The number of fused-ring (bicyclic) bond motifs is 1. The Bertz CT molecular complexity index is 268. The Morgan fingerprint density at radius 2 is 2.10 bits per heavy atom. The smallest absolute Gasteiger partial charge is 0.176 e.